The molecule has 1 aliphatic heterocycles. The van der Waals surface area contributed by atoms with E-state index in [2.05, 4.69) is 12.1 Å². The molecule has 1 amide bonds. The van der Waals surface area contributed by atoms with E-state index in [9.17, 15) is 4.79 Å². The van der Waals surface area contributed by atoms with Gasteiger partial charge >= 0.3 is 0 Å². The van der Waals surface area contributed by atoms with Gasteiger partial charge in [-0.05, 0) is 53.6 Å². The first-order valence-electron chi connectivity index (χ1n) is 8.06. The topological polar surface area (TPSA) is 40.5 Å². The zero-order chi connectivity index (χ0) is 16.9. The lowest BCUT2D eigenvalue weighted by Gasteiger charge is -2.32. The minimum atomic E-state index is 0.0349. The van der Waals surface area contributed by atoms with E-state index in [4.69, 9.17) is 16.7 Å². The third-order valence-corrected chi connectivity index (χ3v) is 5.52. The summed E-state index contributed by atoms with van der Waals surface area (Å²) >= 11 is 7.48. The van der Waals surface area contributed by atoms with Crippen molar-refractivity contribution in [3.05, 3.63) is 62.8 Å². The van der Waals surface area contributed by atoms with Crippen LogP contribution in [0.2, 0.25) is 5.02 Å². The van der Waals surface area contributed by atoms with Gasteiger partial charge in [-0.15, -0.1) is 11.3 Å². The van der Waals surface area contributed by atoms with Crippen LogP contribution >= 0.6 is 22.9 Å². The first-order chi connectivity index (χ1) is 11.7. The Morgan fingerprint density at radius 2 is 2.17 bits per heavy atom. The normalized spacial score (nSPS) is 18.2. The van der Waals surface area contributed by atoms with E-state index in [1.807, 2.05) is 34.6 Å². The van der Waals surface area contributed by atoms with Gasteiger partial charge in [-0.2, -0.15) is 0 Å². The predicted octanol–water partition coefficient (Wildman–Crippen LogP) is 4.31. The Bertz CT molecular complexity index is 723. The van der Waals surface area contributed by atoms with Crippen LogP contribution < -0.4 is 0 Å². The van der Waals surface area contributed by atoms with E-state index < -0.39 is 0 Å². The highest BCUT2D eigenvalue weighted by Crippen LogP contribution is 2.28. The largest absolute Gasteiger partial charge is 0.392 e. The molecule has 1 saturated heterocycles. The molecule has 1 aliphatic rings. The number of hydrogen-bond acceptors (Lipinski definition) is 3. The predicted molar refractivity (Wildman–Crippen MR) is 99.3 cm³/mol. The molecule has 0 radical (unpaired) electrons. The van der Waals surface area contributed by atoms with Crippen LogP contribution in [-0.2, 0) is 11.4 Å². The van der Waals surface area contributed by atoms with Crippen molar-refractivity contribution in [2.45, 2.75) is 25.4 Å². The average Bonchev–Trinajstić information content (AvgIpc) is 3.08. The van der Waals surface area contributed by atoms with Crippen LogP contribution in [0.3, 0.4) is 0 Å². The van der Waals surface area contributed by atoms with Gasteiger partial charge in [0.1, 0.15) is 0 Å². The number of aliphatic hydroxyl groups excluding tert-OH is 1. The highest BCUT2D eigenvalue weighted by molar-refractivity contribution is 7.11. The van der Waals surface area contributed by atoms with E-state index in [1.54, 1.807) is 6.08 Å². The first kappa shape index (κ1) is 17.2. The van der Waals surface area contributed by atoms with Gasteiger partial charge in [0.25, 0.3) is 0 Å². The van der Waals surface area contributed by atoms with Crippen molar-refractivity contribution in [3.8, 4) is 0 Å². The molecule has 126 valence electrons. The molecule has 2 heterocycles. The number of carbonyl (C=O) groups is 1. The molecule has 5 heteroatoms. The van der Waals surface area contributed by atoms with Crippen LogP contribution in [0.15, 0.2) is 41.8 Å². The molecule has 3 nitrogen and oxygen atoms in total. The van der Waals surface area contributed by atoms with Crippen LogP contribution in [0, 0.1) is 0 Å². The summed E-state index contributed by atoms with van der Waals surface area (Å²) in [5.74, 6) is 0.420. The third-order valence-electron chi connectivity index (χ3n) is 4.32. The van der Waals surface area contributed by atoms with Crippen LogP contribution in [0.4, 0.5) is 0 Å². The van der Waals surface area contributed by atoms with Crippen LogP contribution in [0.1, 0.15) is 34.8 Å². The molecule has 2 aromatic rings. The number of likely N-dealkylation sites (tertiary alicyclic amines) is 1. The Morgan fingerprint density at radius 3 is 2.88 bits per heavy atom. The number of hydrogen-bond donors (Lipinski definition) is 1. The summed E-state index contributed by atoms with van der Waals surface area (Å²) in [6.45, 7) is 1.59. The Labute approximate surface area is 151 Å². The maximum atomic E-state index is 12.5. The highest BCUT2D eigenvalue weighted by Gasteiger charge is 2.23. The van der Waals surface area contributed by atoms with E-state index in [1.165, 1.54) is 16.9 Å². The molecule has 0 bridgehead atoms. The van der Waals surface area contributed by atoms with E-state index in [-0.39, 0.29) is 12.5 Å². The van der Waals surface area contributed by atoms with Gasteiger partial charge in [-0.1, -0.05) is 23.7 Å². The van der Waals surface area contributed by atoms with E-state index in [0.717, 1.165) is 41.4 Å². The van der Waals surface area contributed by atoms with Crippen molar-refractivity contribution < 1.29 is 9.90 Å². The quantitative estimate of drug-likeness (QED) is 0.824. The second-order valence-corrected chi connectivity index (χ2v) is 7.40. The van der Waals surface area contributed by atoms with Crippen LogP contribution in [0.5, 0.6) is 0 Å². The molecule has 1 aromatic heterocycles. The number of carbonyl (C=O) groups excluding carboxylic acids is 1. The Morgan fingerprint density at radius 1 is 1.38 bits per heavy atom. The van der Waals surface area contributed by atoms with Gasteiger partial charge in [0.2, 0.25) is 5.91 Å². The van der Waals surface area contributed by atoms with Crippen molar-refractivity contribution in [1.82, 2.24) is 4.90 Å². The molecule has 0 aliphatic carbocycles. The lowest BCUT2D eigenvalue weighted by molar-refractivity contribution is -0.127. The molecular formula is C19H20ClNO2S. The molecule has 3 rings (SSSR count). The number of amides is 1. The number of benzene rings is 1. The molecule has 1 fully saturated rings. The Kier molecular flexibility index (Phi) is 5.72. The lowest BCUT2D eigenvalue weighted by Crippen LogP contribution is -2.38. The zero-order valence-corrected chi connectivity index (χ0v) is 14.9. The van der Waals surface area contributed by atoms with E-state index in [0.29, 0.717) is 5.92 Å². The summed E-state index contributed by atoms with van der Waals surface area (Å²) < 4.78 is 0. The van der Waals surface area contributed by atoms with Crippen LogP contribution in [-0.4, -0.2) is 29.0 Å². The number of nitrogens with zero attached hydrogens (tertiary/aromatic N) is 1. The molecule has 1 aromatic carbocycles. The number of aliphatic hydroxyl groups is 1. The fourth-order valence-electron chi connectivity index (χ4n) is 3.01. The average molecular weight is 362 g/mol. The second-order valence-electron chi connectivity index (χ2n) is 6.02. The van der Waals surface area contributed by atoms with Gasteiger partial charge in [0.15, 0.2) is 0 Å². The number of rotatable bonds is 4. The minimum Gasteiger partial charge on any atom is -0.392 e. The molecule has 24 heavy (non-hydrogen) atoms. The highest BCUT2D eigenvalue weighted by atomic mass is 35.5. The molecule has 0 spiro atoms. The van der Waals surface area contributed by atoms with Gasteiger partial charge in [-0.3, -0.25) is 4.79 Å². The summed E-state index contributed by atoms with van der Waals surface area (Å²) in [5.41, 5.74) is 2.12. The van der Waals surface area contributed by atoms with Crippen molar-refractivity contribution in [1.29, 1.82) is 0 Å². The maximum Gasteiger partial charge on any atom is 0.246 e. The molecule has 0 saturated carbocycles. The standard InChI is InChI=1S/C19H20ClNO2S/c20-17-5-3-15(4-6-17)16-2-1-9-21(11-16)19(23)8-7-18-10-14(12-22)13-24-18/h3-8,10,13,16,22H,1-2,9,11-12H2/b8-7+. The number of halogens is 1. The summed E-state index contributed by atoms with van der Waals surface area (Å²) in [7, 11) is 0. The van der Waals surface area contributed by atoms with E-state index >= 15 is 0 Å². The Hall–Kier alpha value is -1.62. The van der Waals surface area contributed by atoms with Crippen molar-refractivity contribution in [2.24, 2.45) is 0 Å². The summed E-state index contributed by atoms with van der Waals surface area (Å²) in [5, 5.41) is 11.7. The second kappa shape index (κ2) is 7.97. The Balaban J connectivity index is 1.63. The van der Waals surface area contributed by atoms with Crippen molar-refractivity contribution >= 4 is 34.9 Å². The molecular weight excluding hydrogens is 342 g/mol. The monoisotopic (exact) mass is 361 g/mol. The number of piperidine rings is 1. The SMILES string of the molecule is O=C(/C=C/c1cc(CO)cs1)N1CCCC(c2ccc(Cl)cc2)C1. The molecule has 1 unspecified atom stereocenters. The minimum absolute atomic E-state index is 0.0349. The third kappa shape index (κ3) is 4.26. The maximum absolute atomic E-state index is 12.5. The summed E-state index contributed by atoms with van der Waals surface area (Å²) in [4.78, 5) is 15.4. The van der Waals surface area contributed by atoms with Crippen LogP contribution in [0.25, 0.3) is 6.08 Å². The van der Waals surface area contributed by atoms with Gasteiger partial charge in [-0.25, -0.2) is 0 Å². The fraction of sp³-hybridized carbons (Fsp3) is 0.316. The van der Waals surface area contributed by atoms with Gasteiger partial charge < -0.3 is 10.0 Å². The molecule has 1 atom stereocenters. The van der Waals surface area contributed by atoms with Gasteiger partial charge in [0.05, 0.1) is 6.61 Å². The van der Waals surface area contributed by atoms with Gasteiger partial charge in [0, 0.05) is 35.0 Å². The fourth-order valence-corrected chi connectivity index (χ4v) is 3.93. The number of thiophene rings is 1. The summed E-state index contributed by atoms with van der Waals surface area (Å²) in [6, 6.07) is 9.83. The molecule has 1 N–H and O–H groups in total. The van der Waals surface area contributed by atoms with Crippen molar-refractivity contribution in [3.63, 3.8) is 0 Å². The first-order valence-corrected chi connectivity index (χ1v) is 9.32. The summed E-state index contributed by atoms with van der Waals surface area (Å²) in [6.07, 6.45) is 5.58. The smallest absolute Gasteiger partial charge is 0.246 e. The van der Waals surface area contributed by atoms with Crippen molar-refractivity contribution in [2.75, 3.05) is 13.1 Å². The lowest BCUT2D eigenvalue weighted by atomic mass is 9.90. The zero-order valence-electron chi connectivity index (χ0n) is 13.3.